The van der Waals surface area contributed by atoms with E-state index in [9.17, 15) is 8.42 Å². The van der Waals surface area contributed by atoms with E-state index in [0.29, 0.717) is 24.3 Å². The highest BCUT2D eigenvalue weighted by atomic mass is 32.2. The molecule has 128 valence electrons. The third-order valence-electron chi connectivity index (χ3n) is 3.87. The summed E-state index contributed by atoms with van der Waals surface area (Å²) in [7, 11) is -1.30. The second-order valence-electron chi connectivity index (χ2n) is 5.86. The summed E-state index contributed by atoms with van der Waals surface area (Å²) in [6, 6.07) is 0. The van der Waals surface area contributed by atoms with Gasteiger partial charge in [0.2, 0.25) is 0 Å². The molecule has 0 aromatic carbocycles. The van der Waals surface area contributed by atoms with E-state index < -0.39 is 9.84 Å². The monoisotopic (exact) mass is 340 g/mol. The van der Waals surface area contributed by atoms with Crippen molar-refractivity contribution >= 4 is 26.7 Å². The van der Waals surface area contributed by atoms with Crippen LogP contribution in [0.2, 0.25) is 0 Å². The van der Waals surface area contributed by atoms with E-state index in [2.05, 4.69) is 14.5 Å². The lowest BCUT2D eigenvalue weighted by Crippen LogP contribution is -2.11. The highest BCUT2D eigenvalue weighted by Crippen LogP contribution is 2.27. The first-order valence-electron chi connectivity index (χ1n) is 7.56. The summed E-state index contributed by atoms with van der Waals surface area (Å²) >= 11 is 0. The predicted molar refractivity (Wildman–Crippen MR) is 91.0 cm³/mol. The Bertz CT molecular complexity index is 799. The lowest BCUT2D eigenvalue weighted by Gasteiger charge is -2.14. The van der Waals surface area contributed by atoms with Crippen LogP contribution in [-0.4, -0.2) is 42.1 Å². The minimum atomic E-state index is -2.93. The molecule has 7 nitrogen and oxygen atoms in total. The van der Waals surface area contributed by atoms with Crippen molar-refractivity contribution < 1.29 is 13.2 Å². The normalized spacial score (nSPS) is 13.6. The Labute approximate surface area is 136 Å². The predicted octanol–water partition coefficient (Wildman–Crippen LogP) is 1.85. The average molecular weight is 340 g/mol. The lowest BCUT2D eigenvalue weighted by atomic mass is 10.2. The molecule has 0 aliphatic heterocycles. The van der Waals surface area contributed by atoms with Gasteiger partial charge in [0, 0.05) is 31.9 Å². The molecule has 2 aromatic rings. The maximum absolute atomic E-state index is 11.3. The van der Waals surface area contributed by atoms with Gasteiger partial charge in [-0.2, -0.15) is 0 Å². The van der Waals surface area contributed by atoms with Crippen LogP contribution in [-0.2, 0) is 21.1 Å². The fraction of sp³-hybridized carbons (Fsp3) is 0.600. The van der Waals surface area contributed by atoms with Crippen molar-refractivity contribution in [2.45, 2.75) is 39.3 Å². The molecule has 8 heteroatoms. The first-order chi connectivity index (χ1) is 10.7. The van der Waals surface area contributed by atoms with E-state index in [1.807, 2.05) is 13.8 Å². The quantitative estimate of drug-likeness (QED) is 0.772. The van der Waals surface area contributed by atoms with Crippen molar-refractivity contribution in [2.75, 3.05) is 24.9 Å². The number of pyridine rings is 1. The van der Waals surface area contributed by atoms with E-state index in [4.69, 9.17) is 10.5 Å². The number of imidazole rings is 1. The van der Waals surface area contributed by atoms with Crippen LogP contribution in [0.3, 0.4) is 0 Å². The Morgan fingerprint density at radius 1 is 1.39 bits per heavy atom. The third-order valence-corrected chi connectivity index (χ3v) is 4.90. The highest BCUT2D eigenvalue weighted by molar-refractivity contribution is 7.90. The molecule has 1 unspecified atom stereocenters. The molecule has 1 atom stereocenters. The molecule has 2 aromatic heterocycles. The zero-order chi connectivity index (χ0) is 17.2. The van der Waals surface area contributed by atoms with Crippen LogP contribution < -0.4 is 5.73 Å². The van der Waals surface area contributed by atoms with E-state index in [-0.39, 0.29) is 11.9 Å². The number of aryl methyl sites for hydroxylation is 2. The van der Waals surface area contributed by atoms with Crippen molar-refractivity contribution in [3.05, 3.63) is 17.6 Å². The minimum absolute atomic E-state index is 0.184. The Kier molecular flexibility index (Phi) is 5.26. The molecule has 0 aliphatic carbocycles. The standard InChI is InChI=1S/C15H24N4O3S/c1-10-9-17-14(16)12-13(10)19(15(18-12)11(2)22-3)7-5-6-8-23(4,20)21/h9,11H,5-8H2,1-4H3,(H2,16,17). The summed E-state index contributed by atoms with van der Waals surface area (Å²) < 4.78 is 30.0. The largest absolute Gasteiger partial charge is 0.382 e. The van der Waals surface area contributed by atoms with Gasteiger partial charge in [-0.3, -0.25) is 0 Å². The van der Waals surface area contributed by atoms with Crippen molar-refractivity contribution in [1.29, 1.82) is 0 Å². The average Bonchev–Trinajstić information content (AvgIpc) is 2.86. The molecule has 0 saturated carbocycles. The first-order valence-corrected chi connectivity index (χ1v) is 9.62. The van der Waals surface area contributed by atoms with E-state index in [1.165, 1.54) is 6.26 Å². The molecular weight excluding hydrogens is 316 g/mol. The van der Waals surface area contributed by atoms with Crippen LogP contribution in [0.15, 0.2) is 6.20 Å². The molecular formula is C15H24N4O3S. The Morgan fingerprint density at radius 3 is 2.70 bits per heavy atom. The summed E-state index contributed by atoms with van der Waals surface area (Å²) in [6.07, 6.45) is 4.15. The lowest BCUT2D eigenvalue weighted by molar-refractivity contribution is 0.109. The summed E-state index contributed by atoms with van der Waals surface area (Å²) in [4.78, 5) is 8.76. The smallest absolute Gasteiger partial charge is 0.151 e. The molecule has 2 heterocycles. The fourth-order valence-corrected chi connectivity index (χ4v) is 3.34. The van der Waals surface area contributed by atoms with Crippen molar-refractivity contribution in [3.63, 3.8) is 0 Å². The highest BCUT2D eigenvalue weighted by Gasteiger charge is 2.19. The molecule has 0 fully saturated rings. The van der Waals surface area contributed by atoms with E-state index in [0.717, 1.165) is 23.3 Å². The number of nitrogen functional groups attached to an aromatic ring is 1. The Morgan fingerprint density at radius 2 is 2.09 bits per heavy atom. The van der Waals surface area contributed by atoms with Gasteiger partial charge in [0.05, 0.1) is 5.52 Å². The van der Waals surface area contributed by atoms with Gasteiger partial charge in [-0.1, -0.05) is 0 Å². The van der Waals surface area contributed by atoms with Gasteiger partial charge in [0.25, 0.3) is 0 Å². The van der Waals surface area contributed by atoms with Crippen LogP contribution in [0.4, 0.5) is 5.82 Å². The Balaban J connectivity index is 2.37. The van der Waals surface area contributed by atoms with Gasteiger partial charge in [-0.15, -0.1) is 0 Å². The number of unbranched alkanes of at least 4 members (excludes halogenated alkanes) is 1. The first kappa shape index (κ1) is 17.7. The van der Waals surface area contributed by atoms with Crippen LogP contribution in [0.25, 0.3) is 11.0 Å². The van der Waals surface area contributed by atoms with Gasteiger partial charge in [0.1, 0.15) is 27.3 Å². The summed E-state index contributed by atoms with van der Waals surface area (Å²) in [5.74, 6) is 1.37. The third kappa shape index (κ3) is 4.00. The number of rotatable bonds is 7. The second kappa shape index (κ2) is 6.84. The summed E-state index contributed by atoms with van der Waals surface area (Å²) in [5, 5.41) is 0. The van der Waals surface area contributed by atoms with Crippen molar-refractivity contribution in [2.24, 2.45) is 0 Å². The molecule has 0 aliphatic rings. The Hall–Kier alpha value is -1.67. The minimum Gasteiger partial charge on any atom is -0.382 e. The number of nitrogens with two attached hydrogens (primary N) is 1. The number of aromatic nitrogens is 3. The van der Waals surface area contributed by atoms with E-state index in [1.54, 1.807) is 13.3 Å². The van der Waals surface area contributed by atoms with Crippen LogP contribution >= 0.6 is 0 Å². The summed E-state index contributed by atoms with van der Waals surface area (Å²) in [6.45, 7) is 4.55. The molecule has 2 N–H and O–H groups in total. The van der Waals surface area contributed by atoms with Gasteiger partial charge in [-0.25, -0.2) is 18.4 Å². The summed E-state index contributed by atoms with van der Waals surface area (Å²) in [5.41, 5.74) is 8.55. The van der Waals surface area contributed by atoms with Gasteiger partial charge >= 0.3 is 0 Å². The molecule has 0 bridgehead atoms. The van der Waals surface area contributed by atoms with Crippen molar-refractivity contribution in [3.8, 4) is 0 Å². The fourth-order valence-electron chi connectivity index (χ4n) is 2.61. The zero-order valence-electron chi connectivity index (χ0n) is 14.0. The van der Waals surface area contributed by atoms with Crippen LogP contribution in [0.1, 0.15) is 37.3 Å². The molecule has 0 saturated heterocycles. The number of nitrogens with zero attached hydrogens (tertiary/aromatic N) is 3. The van der Waals surface area contributed by atoms with Gasteiger partial charge < -0.3 is 15.0 Å². The molecule has 0 spiro atoms. The van der Waals surface area contributed by atoms with Crippen LogP contribution in [0, 0.1) is 6.92 Å². The number of anilines is 1. The zero-order valence-corrected chi connectivity index (χ0v) is 14.9. The topological polar surface area (TPSA) is 100 Å². The number of hydrogen-bond acceptors (Lipinski definition) is 6. The van der Waals surface area contributed by atoms with Gasteiger partial charge in [0.15, 0.2) is 5.82 Å². The number of hydrogen-bond donors (Lipinski definition) is 1. The van der Waals surface area contributed by atoms with Gasteiger partial charge in [-0.05, 0) is 32.3 Å². The number of methoxy groups -OCH3 is 1. The van der Waals surface area contributed by atoms with E-state index >= 15 is 0 Å². The maximum Gasteiger partial charge on any atom is 0.151 e. The SMILES string of the molecule is COC(C)c1nc2c(N)ncc(C)c2n1CCCCS(C)(=O)=O. The molecule has 0 amide bonds. The maximum atomic E-state index is 11.3. The van der Waals surface area contributed by atoms with Crippen LogP contribution in [0.5, 0.6) is 0 Å². The number of sulfone groups is 1. The number of ether oxygens (including phenoxy) is 1. The molecule has 0 radical (unpaired) electrons. The van der Waals surface area contributed by atoms with Crippen molar-refractivity contribution in [1.82, 2.24) is 14.5 Å². The number of fused-ring (bicyclic) bond motifs is 1. The molecule has 23 heavy (non-hydrogen) atoms. The molecule has 2 rings (SSSR count). The second-order valence-corrected chi connectivity index (χ2v) is 8.12.